The van der Waals surface area contributed by atoms with E-state index < -0.39 is 0 Å². The molecule has 29 heavy (non-hydrogen) atoms. The Morgan fingerprint density at radius 3 is 2.62 bits per heavy atom. The molecule has 1 atom stereocenters. The fraction of sp³-hybridized carbons (Fsp3) is 0.227. The van der Waals surface area contributed by atoms with E-state index in [9.17, 15) is 0 Å². The molecule has 0 aliphatic carbocycles. The van der Waals surface area contributed by atoms with Gasteiger partial charge in [-0.25, -0.2) is 14.6 Å². The Kier molecular flexibility index (Phi) is 4.28. The summed E-state index contributed by atoms with van der Waals surface area (Å²) in [6.07, 6.45) is 1.98. The van der Waals surface area contributed by atoms with Crippen molar-refractivity contribution in [1.82, 2.24) is 25.1 Å². The Morgan fingerprint density at radius 1 is 1.07 bits per heavy atom. The molecule has 1 saturated heterocycles. The van der Waals surface area contributed by atoms with Crippen molar-refractivity contribution in [2.24, 2.45) is 0 Å². The molecular weight excluding hydrogens is 364 g/mol. The van der Waals surface area contributed by atoms with Crippen LogP contribution in [0.25, 0.3) is 22.3 Å². The lowest BCUT2D eigenvalue weighted by Crippen LogP contribution is -2.32. The number of nitrogens with two attached hydrogens (primary N) is 1. The predicted octanol–water partition coefficient (Wildman–Crippen LogP) is 3.79. The van der Waals surface area contributed by atoms with Gasteiger partial charge in [-0.2, -0.15) is 5.10 Å². The monoisotopic (exact) mass is 387 g/mol. The van der Waals surface area contributed by atoms with Gasteiger partial charge in [0.15, 0.2) is 5.65 Å². The minimum atomic E-state index is -0.0944. The van der Waals surface area contributed by atoms with E-state index in [1.807, 2.05) is 59.3 Å². The first-order valence-corrected chi connectivity index (χ1v) is 9.75. The van der Waals surface area contributed by atoms with E-state index in [0.29, 0.717) is 11.0 Å². The first-order valence-electron chi connectivity index (χ1n) is 10.3. The summed E-state index contributed by atoms with van der Waals surface area (Å²) < 4.78 is 15.7. The highest BCUT2D eigenvalue weighted by Crippen LogP contribution is 2.34. The van der Waals surface area contributed by atoms with Gasteiger partial charge in [0.05, 0.1) is 11.4 Å². The fourth-order valence-electron chi connectivity index (χ4n) is 3.75. The summed E-state index contributed by atoms with van der Waals surface area (Å²) in [7, 11) is 0. The van der Waals surface area contributed by atoms with E-state index in [-0.39, 0.29) is 18.2 Å². The van der Waals surface area contributed by atoms with Gasteiger partial charge in [-0.3, -0.25) is 0 Å². The summed E-state index contributed by atoms with van der Waals surface area (Å²) in [5.74, 6) is 1.80. The topological polar surface area (TPSA) is 90.9 Å². The number of hydrogen-bond donors (Lipinski definition) is 2. The lowest BCUT2D eigenvalue weighted by atomic mass is 10.1. The van der Waals surface area contributed by atoms with Gasteiger partial charge in [-0.1, -0.05) is 18.2 Å². The molecule has 3 N–H and O–H groups in total. The van der Waals surface area contributed by atoms with Crippen LogP contribution in [0.15, 0.2) is 60.9 Å². The maximum atomic E-state index is 7.90. The van der Waals surface area contributed by atoms with Crippen LogP contribution in [0.2, 0.25) is 0 Å². The first-order chi connectivity index (χ1) is 14.7. The van der Waals surface area contributed by atoms with Gasteiger partial charge in [0.25, 0.3) is 0 Å². The lowest BCUT2D eigenvalue weighted by Gasteiger charge is -2.23. The molecule has 0 unspecified atom stereocenters. The van der Waals surface area contributed by atoms with Crippen LogP contribution in [-0.2, 0) is 0 Å². The average Bonchev–Trinajstić information content (AvgIpc) is 3.15. The van der Waals surface area contributed by atoms with Crippen LogP contribution in [0.4, 0.5) is 5.82 Å². The molecule has 0 amide bonds. The van der Waals surface area contributed by atoms with Crippen LogP contribution < -0.4 is 15.8 Å². The molecule has 7 nitrogen and oxygen atoms in total. The molecule has 7 heteroatoms. The second-order valence-electron chi connectivity index (χ2n) is 7.14. The molecule has 3 heterocycles. The number of rotatable bonds is 4. The molecule has 0 bridgehead atoms. The molecule has 2 aromatic heterocycles. The summed E-state index contributed by atoms with van der Waals surface area (Å²) in [6.45, 7) is 1.82. The first kappa shape index (κ1) is 16.5. The Labute approximate surface area is 170 Å². The summed E-state index contributed by atoms with van der Waals surface area (Å²) in [4.78, 5) is 8.41. The Hall–Kier alpha value is -3.45. The number of ether oxygens (including phenoxy) is 1. The number of hydrogen-bond acceptors (Lipinski definition) is 6. The number of nitrogen functional groups attached to an aromatic ring is 1. The number of benzene rings is 2. The summed E-state index contributed by atoms with van der Waals surface area (Å²) in [6, 6.07) is 17.6. The van der Waals surface area contributed by atoms with Gasteiger partial charge in [-0.15, -0.1) is 0 Å². The van der Waals surface area contributed by atoms with Crippen LogP contribution in [0.3, 0.4) is 0 Å². The highest BCUT2D eigenvalue weighted by Gasteiger charge is 2.23. The summed E-state index contributed by atoms with van der Waals surface area (Å²) >= 11 is 0. The second-order valence-corrected chi connectivity index (χ2v) is 7.14. The Balaban J connectivity index is 1.55. The van der Waals surface area contributed by atoms with Crippen LogP contribution >= 0.6 is 0 Å². The standard InChI is InChI=1S/C22H22N6O/c23-21-19-20(15-8-10-18(11-9-15)29-17-6-2-1-3-7-17)27-28(22(19)26-14-25-21)16-5-4-12-24-13-16/h1-3,6-11,14,16,24H,4-5,12-13H2,(H2,23,25,26)/t16-/m1/s1/i14D. The minimum absolute atomic E-state index is 0.0944. The third-order valence-electron chi connectivity index (χ3n) is 5.19. The van der Waals surface area contributed by atoms with Crippen molar-refractivity contribution < 1.29 is 6.11 Å². The minimum Gasteiger partial charge on any atom is -0.457 e. The lowest BCUT2D eigenvalue weighted by molar-refractivity contribution is 0.354. The van der Waals surface area contributed by atoms with Crippen molar-refractivity contribution in [2.75, 3.05) is 18.8 Å². The van der Waals surface area contributed by atoms with Crippen molar-refractivity contribution in [3.63, 3.8) is 0 Å². The van der Waals surface area contributed by atoms with Gasteiger partial charge in [0.2, 0.25) is 0 Å². The highest BCUT2D eigenvalue weighted by molar-refractivity contribution is 5.98. The van der Waals surface area contributed by atoms with E-state index in [0.717, 1.165) is 48.7 Å². The zero-order valence-electron chi connectivity index (χ0n) is 16.9. The van der Waals surface area contributed by atoms with Crippen molar-refractivity contribution >= 4 is 16.9 Å². The summed E-state index contributed by atoms with van der Waals surface area (Å²) in [5.41, 5.74) is 8.44. The van der Waals surface area contributed by atoms with Crippen LogP contribution in [0.1, 0.15) is 20.3 Å². The smallest absolute Gasteiger partial charge is 0.164 e. The van der Waals surface area contributed by atoms with Crippen molar-refractivity contribution in [3.05, 3.63) is 60.9 Å². The van der Waals surface area contributed by atoms with Crippen molar-refractivity contribution in [2.45, 2.75) is 18.9 Å². The average molecular weight is 387 g/mol. The molecular formula is C22H22N6O. The molecule has 2 aromatic carbocycles. The number of anilines is 1. The number of nitrogens with zero attached hydrogens (tertiary/aromatic N) is 4. The van der Waals surface area contributed by atoms with Gasteiger partial charge in [-0.05, 0) is 55.8 Å². The quantitative estimate of drug-likeness (QED) is 0.554. The zero-order valence-corrected chi connectivity index (χ0v) is 15.9. The van der Waals surface area contributed by atoms with Gasteiger partial charge >= 0.3 is 0 Å². The number of fused-ring (bicyclic) bond motifs is 1. The van der Waals surface area contributed by atoms with Gasteiger partial charge in [0.1, 0.15) is 30.7 Å². The Morgan fingerprint density at radius 2 is 1.86 bits per heavy atom. The molecule has 0 saturated carbocycles. The van der Waals surface area contributed by atoms with Crippen molar-refractivity contribution in [1.29, 1.82) is 0 Å². The molecule has 1 aliphatic heterocycles. The number of nitrogens with one attached hydrogen (secondary N) is 1. The third-order valence-corrected chi connectivity index (χ3v) is 5.19. The Bertz CT molecular complexity index is 1170. The largest absolute Gasteiger partial charge is 0.457 e. The van der Waals surface area contributed by atoms with E-state index in [1.54, 1.807) is 0 Å². The van der Waals surface area contributed by atoms with E-state index in [1.165, 1.54) is 0 Å². The molecule has 0 radical (unpaired) electrons. The number of piperidine rings is 1. The normalized spacial score (nSPS) is 17.2. The van der Waals surface area contributed by atoms with E-state index in [4.69, 9.17) is 16.9 Å². The van der Waals surface area contributed by atoms with Gasteiger partial charge < -0.3 is 15.8 Å². The molecule has 4 aromatic rings. The second kappa shape index (κ2) is 7.52. The maximum Gasteiger partial charge on any atom is 0.164 e. The molecule has 0 spiro atoms. The molecule has 146 valence electrons. The van der Waals surface area contributed by atoms with E-state index in [2.05, 4.69) is 15.3 Å². The van der Waals surface area contributed by atoms with E-state index >= 15 is 0 Å². The van der Waals surface area contributed by atoms with Gasteiger partial charge in [0, 0.05) is 12.1 Å². The number of para-hydroxylation sites is 1. The summed E-state index contributed by atoms with van der Waals surface area (Å²) in [5, 5.41) is 8.97. The van der Waals surface area contributed by atoms with Crippen LogP contribution in [0.5, 0.6) is 11.5 Å². The third kappa shape index (κ3) is 3.40. The SMILES string of the molecule is [2H]c1nc(N)c2c(-c3ccc(Oc4ccccc4)cc3)nn([C@@H]3CCCNC3)c2n1. The molecule has 5 rings (SSSR count). The van der Waals surface area contributed by atoms with Crippen LogP contribution in [-0.4, -0.2) is 32.8 Å². The van der Waals surface area contributed by atoms with Crippen molar-refractivity contribution in [3.8, 4) is 22.8 Å². The fourth-order valence-corrected chi connectivity index (χ4v) is 3.75. The highest BCUT2D eigenvalue weighted by atomic mass is 16.5. The molecule has 1 fully saturated rings. The molecule has 1 aliphatic rings. The number of aromatic nitrogens is 4. The van der Waals surface area contributed by atoms with Crippen LogP contribution in [0, 0.1) is 0 Å². The zero-order chi connectivity index (χ0) is 20.5. The maximum absolute atomic E-state index is 7.90. The predicted molar refractivity (Wildman–Crippen MR) is 113 cm³/mol.